The van der Waals surface area contributed by atoms with Crippen molar-refractivity contribution in [1.29, 1.82) is 0 Å². The van der Waals surface area contributed by atoms with Crippen LogP contribution in [0.25, 0.3) is 0 Å². The van der Waals surface area contributed by atoms with Crippen LogP contribution in [0.1, 0.15) is 19.0 Å². The fraction of sp³-hybridized carbons (Fsp3) is 0.750. The van der Waals surface area contributed by atoms with Crippen molar-refractivity contribution in [1.82, 2.24) is 10.3 Å². The van der Waals surface area contributed by atoms with Crippen LogP contribution >= 0.6 is 11.3 Å². The first kappa shape index (κ1) is 18.0. The molecule has 2 bridgehead atoms. The number of rotatable bonds is 3. The molecular formula is C16H20F3N3O3S. The number of hydrogen-bond acceptors (Lipinski definition) is 6. The summed E-state index contributed by atoms with van der Waals surface area (Å²) in [5, 5.41) is 14.7. The Morgan fingerprint density at radius 3 is 2.85 bits per heavy atom. The van der Waals surface area contributed by atoms with Gasteiger partial charge >= 0.3 is 6.18 Å². The second-order valence-corrected chi connectivity index (χ2v) is 7.95. The Bertz CT molecular complexity index is 698. The molecule has 6 nitrogen and oxygen atoms in total. The smallest absolute Gasteiger partial charge is 0.390 e. The lowest BCUT2D eigenvalue weighted by Crippen LogP contribution is -2.47. The number of ether oxygens (including phenoxy) is 1. The van der Waals surface area contributed by atoms with Gasteiger partial charge in [0.25, 0.3) is 0 Å². The number of aliphatic hydroxyl groups is 1. The Hall–Kier alpha value is -1.39. The van der Waals surface area contributed by atoms with Gasteiger partial charge in [0.05, 0.1) is 24.2 Å². The summed E-state index contributed by atoms with van der Waals surface area (Å²) >= 11 is 0.949. The van der Waals surface area contributed by atoms with Crippen LogP contribution < -0.4 is 10.2 Å². The van der Waals surface area contributed by atoms with E-state index in [1.165, 1.54) is 0 Å². The first-order valence-corrected chi connectivity index (χ1v) is 9.56. The summed E-state index contributed by atoms with van der Waals surface area (Å²) in [6.45, 7) is 3.22. The first-order chi connectivity index (χ1) is 12.3. The van der Waals surface area contributed by atoms with Gasteiger partial charge in [-0.1, -0.05) is 0 Å². The Kier molecular flexibility index (Phi) is 4.39. The average molecular weight is 391 g/mol. The number of aromatic nitrogens is 1. The maximum Gasteiger partial charge on any atom is 0.434 e. The van der Waals surface area contributed by atoms with Crippen molar-refractivity contribution in [3.05, 3.63) is 11.1 Å². The molecule has 3 fully saturated rings. The molecule has 3 aliphatic rings. The SMILES string of the molecule is CCNC(=O)C1C[C@@H]2O[C@H]1[C@H]1CN(c3nc(C(F)(F)F)cs3)C[C@H]1[C@@H]2O. The topological polar surface area (TPSA) is 74.7 Å². The van der Waals surface area contributed by atoms with Crippen LogP contribution in [0.3, 0.4) is 0 Å². The molecule has 4 heterocycles. The standard InChI is InChI=1S/C16H20F3N3O3S/c1-2-20-14(24)7-3-10-12(23)8-4-22(5-9(8)13(7)25-10)15-21-11(6-26-15)16(17,18)19/h6-10,12-13,23H,2-5H2,1H3,(H,20,24)/t7?,8-,9+,10+,12+,13-/m1/s1. The summed E-state index contributed by atoms with van der Waals surface area (Å²) in [7, 11) is 0. The molecule has 26 heavy (non-hydrogen) atoms. The zero-order valence-electron chi connectivity index (χ0n) is 14.1. The number of amides is 1. The fourth-order valence-corrected chi connectivity index (χ4v) is 5.30. The van der Waals surface area contributed by atoms with Crippen molar-refractivity contribution in [2.24, 2.45) is 17.8 Å². The van der Waals surface area contributed by atoms with Gasteiger partial charge in [0.2, 0.25) is 5.91 Å². The number of nitrogens with zero attached hydrogens (tertiary/aromatic N) is 2. The molecule has 2 N–H and O–H groups in total. The number of carbonyl (C=O) groups is 1. The third-order valence-electron chi connectivity index (χ3n) is 5.61. The molecule has 10 heteroatoms. The van der Waals surface area contributed by atoms with Crippen LogP contribution in [0.15, 0.2) is 5.38 Å². The van der Waals surface area contributed by atoms with E-state index in [2.05, 4.69) is 10.3 Å². The van der Waals surface area contributed by atoms with E-state index in [1.54, 1.807) is 4.90 Å². The van der Waals surface area contributed by atoms with E-state index in [1.807, 2.05) is 6.92 Å². The molecule has 0 radical (unpaired) electrons. The van der Waals surface area contributed by atoms with Crippen LogP contribution in [0.5, 0.6) is 0 Å². The van der Waals surface area contributed by atoms with Gasteiger partial charge in [-0.25, -0.2) is 4.98 Å². The maximum absolute atomic E-state index is 12.8. The van der Waals surface area contributed by atoms with Crippen molar-refractivity contribution in [3.63, 3.8) is 0 Å². The summed E-state index contributed by atoms with van der Waals surface area (Å²) in [6.07, 6.45) is -5.41. The average Bonchev–Trinajstić information content (AvgIpc) is 3.28. The number of aliphatic hydroxyl groups excluding tert-OH is 1. The molecule has 0 spiro atoms. The number of anilines is 1. The molecule has 4 rings (SSSR count). The molecule has 0 aromatic carbocycles. The van der Waals surface area contributed by atoms with E-state index in [0.29, 0.717) is 31.2 Å². The fourth-order valence-electron chi connectivity index (χ4n) is 4.45. The van der Waals surface area contributed by atoms with Crippen molar-refractivity contribution >= 4 is 22.4 Å². The zero-order valence-corrected chi connectivity index (χ0v) is 14.9. The van der Waals surface area contributed by atoms with E-state index >= 15 is 0 Å². The van der Waals surface area contributed by atoms with Crippen molar-refractivity contribution in [3.8, 4) is 0 Å². The lowest BCUT2D eigenvalue weighted by molar-refractivity contribution is -0.141. The molecule has 3 aliphatic heterocycles. The minimum Gasteiger partial charge on any atom is -0.390 e. The van der Waals surface area contributed by atoms with E-state index in [0.717, 1.165) is 16.7 Å². The third-order valence-corrected chi connectivity index (χ3v) is 6.51. The van der Waals surface area contributed by atoms with Crippen LogP contribution in [0.4, 0.5) is 18.3 Å². The molecule has 6 atom stereocenters. The maximum atomic E-state index is 12.8. The highest BCUT2D eigenvalue weighted by Gasteiger charge is 2.58. The molecule has 1 aromatic heterocycles. The monoisotopic (exact) mass is 391 g/mol. The van der Waals surface area contributed by atoms with Crippen LogP contribution in [-0.2, 0) is 15.7 Å². The van der Waals surface area contributed by atoms with E-state index < -0.39 is 24.1 Å². The molecule has 1 amide bonds. The lowest BCUT2D eigenvalue weighted by atomic mass is 9.83. The van der Waals surface area contributed by atoms with Gasteiger partial charge in [0.1, 0.15) is 0 Å². The van der Waals surface area contributed by atoms with Gasteiger partial charge in [-0.3, -0.25) is 4.79 Å². The highest BCUT2D eigenvalue weighted by atomic mass is 32.1. The van der Waals surface area contributed by atoms with E-state index in [9.17, 15) is 23.1 Å². The van der Waals surface area contributed by atoms with Crippen LogP contribution in [0, 0.1) is 17.8 Å². The zero-order chi connectivity index (χ0) is 18.6. The van der Waals surface area contributed by atoms with Gasteiger partial charge in [-0.15, -0.1) is 11.3 Å². The van der Waals surface area contributed by atoms with Gasteiger partial charge < -0.3 is 20.1 Å². The van der Waals surface area contributed by atoms with E-state index in [-0.39, 0.29) is 29.8 Å². The van der Waals surface area contributed by atoms with E-state index in [4.69, 9.17) is 4.74 Å². The first-order valence-electron chi connectivity index (χ1n) is 8.68. The number of hydrogen-bond donors (Lipinski definition) is 2. The Labute approximate surface area is 152 Å². The molecule has 1 aromatic rings. The number of thiazole rings is 1. The Morgan fingerprint density at radius 1 is 1.46 bits per heavy atom. The largest absolute Gasteiger partial charge is 0.434 e. The number of nitrogens with one attached hydrogen (secondary N) is 1. The number of carbonyl (C=O) groups excluding carboxylic acids is 1. The molecule has 0 saturated carbocycles. The molecule has 144 valence electrons. The van der Waals surface area contributed by atoms with Gasteiger partial charge in [-0.05, 0) is 13.3 Å². The quantitative estimate of drug-likeness (QED) is 0.817. The molecular weight excluding hydrogens is 371 g/mol. The second kappa shape index (κ2) is 6.35. The highest BCUT2D eigenvalue weighted by molar-refractivity contribution is 7.13. The molecule has 3 saturated heterocycles. The summed E-state index contributed by atoms with van der Waals surface area (Å²) in [5.74, 6) is -0.641. The predicted molar refractivity (Wildman–Crippen MR) is 87.8 cm³/mol. The number of halogens is 3. The summed E-state index contributed by atoms with van der Waals surface area (Å²) in [6, 6.07) is 0. The molecule has 1 unspecified atom stereocenters. The third kappa shape index (κ3) is 2.87. The predicted octanol–water partition coefficient (Wildman–Crippen LogP) is 1.50. The van der Waals surface area contributed by atoms with Crippen molar-refractivity contribution < 1.29 is 27.8 Å². The highest BCUT2D eigenvalue weighted by Crippen LogP contribution is 2.48. The summed E-state index contributed by atoms with van der Waals surface area (Å²) < 4.78 is 44.3. The summed E-state index contributed by atoms with van der Waals surface area (Å²) in [5.41, 5.74) is -0.897. The van der Waals surface area contributed by atoms with Gasteiger partial charge in [0, 0.05) is 36.9 Å². The van der Waals surface area contributed by atoms with Gasteiger partial charge in [-0.2, -0.15) is 13.2 Å². The normalized spacial score (nSPS) is 36.3. The second-order valence-electron chi connectivity index (χ2n) is 7.11. The minimum absolute atomic E-state index is 0.0834. The Morgan fingerprint density at radius 2 is 2.19 bits per heavy atom. The molecule has 0 aliphatic carbocycles. The Balaban J connectivity index is 1.54. The number of fused-ring (bicyclic) bond motifs is 4. The van der Waals surface area contributed by atoms with Crippen LogP contribution in [-0.4, -0.2) is 53.9 Å². The van der Waals surface area contributed by atoms with Crippen molar-refractivity contribution in [2.75, 3.05) is 24.5 Å². The lowest BCUT2D eigenvalue weighted by Gasteiger charge is -2.36. The minimum atomic E-state index is -4.47. The van der Waals surface area contributed by atoms with Crippen molar-refractivity contribution in [2.45, 2.75) is 37.8 Å². The number of alkyl halides is 3. The van der Waals surface area contributed by atoms with Gasteiger partial charge in [0.15, 0.2) is 10.8 Å². The van der Waals surface area contributed by atoms with Crippen LogP contribution in [0.2, 0.25) is 0 Å². The summed E-state index contributed by atoms with van der Waals surface area (Å²) in [4.78, 5) is 17.8.